The molecule has 5 heteroatoms. The van der Waals surface area contributed by atoms with Crippen LogP contribution in [-0.2, 0) is 9.53 Å². The summed E-state index contributed by atoms with van der Waals surface area (Å²) in [5, 5.41) is 9.46. The monoisotopic (exact) mass is 157 g/mol. The highest BCUT2D eigenvalue weighted by molar-refractivity contribution is 6.64. The van der Waals surface area contributed by atoms with Gasteiger partial charge >= 0.3 is 0 Å². The number of amides is 1. The third-order valence-corrected chi connectivity index (χ3v) is 1.08. The van der Waals surface area contributed by atoms with Gasteiger partial charge in [0, 0.05) is 14.1 Å². The van der Waals surface area contributed by atoms with Crippen molar-refractivity contribution in [2.75, 3.05) is 21.2 Å². The highest BCUT2D eigenvalue weighted by Crippen LogP contribution is 1.82. The minimum atomic E-state index is -0.417. The van der Waals surface area contributed by atoms with E-state index in [0.717, 1.165) is 0 Å². The molecule has 1 amide bonds. The summed E-state index contributed by atoms with van der Waals surface area (Å²) in [5.41, 5.74) is -0.00463. The molecule has 0 aliphatic rings. The van der Waals surface area contributed by atoms with Crippen molar-refractivity contribution in [3.63, 3.8) is 0 Å². The molecule has 0 unspecified atom stereocenters. The van der Waals surface area contributed by atoms with Gasteiger partial charge in [-0.2, -0.15) is 0 Å². The molecule has 0 atom stereocenters. The van der Waals surface area contributed by atoms with E-state index in [1.54, 1.807) is 0 Å². The first-order valence-corrected chi connectivity index (χ1v) is 2.99. The normalized spacial score (nSPS) is 10.6. The summed E-state index contributed by atoms with van der Waals surface area (Å²) in [6.07, 6.45) is 0. The zero-order chi connectivity index (χ0) is 8.85. The van der Waals surface area contributed by atoms with E-state index in [9.17, 15) is 4.79 Å². The fourth-order valence-electron chi connectivity index (χ4n) is 0.521. The third kappa shape index (κ3) is 2.37. The summed E-state index contributed by atoms with van der Waals surface area (Å²) in [7, 11) is 4.21. The number of ether oxygens (including phenoxy) is 1. The predicted octanol–water partition coefficient (Wildman–Crippen LogP) is -0.573. The van der Waals surface area contributed by atoms with E-state index in [1.807, 2.05) is 0 Å². The molecule has 0 fully saturated rings. The van der Waals surface area contributed by atoms with Gasteiger partial charge in [0.1, 0.15) is 0 Å². The van der Waals surface area contributed by atoms with Crippen LogP contribution in [0, 0.1) is 5.41 Å². The SMILES string of the molecule is CN=C(C(=N)OC)C(=O)NC. The van der Waals surface area contributed by atoms with Crippen molar-refractivity contribution in [3.05, 3.63) is 0 Å². The molecule has 0 saturated carbocycles. The van der Waals surface area contributed by atoms with Gasteiger partial charge in [-0.1, -0.05) is 0 Å². The lowest BCUT2D eigenvalue weighted by molar-refractivity contribution is -0.114. The van der Waals surface area contributed by atoms with E-state index in [2.05, 4.69) is 15.0 Å². The van der Waals surface area contributed by atoms with Crippen LogP contribution in [0.3, 0.4) is 0 Å². The Balaban J connectivity index is 4.43. The van der Waals surface area contributed by atoms with Crippen molar-refractivity contribution in [1.29, 1.82) is 5.41 Å². The molecule has 0 bridgehead atoms. The zero-order valence-electron chi connectivity index (χ0n) is 6.76. The van der Waals surface area contributed by atoms with Crippen LogP contribution in [0.2, 0.25) is 0 Å². The first-order valence-electron chi connectivity index (χ1n) is 2.99. The zero-order valence-corrected chi connectivity index (χ0v) is 6.76. The minimum Gasteiger partial charge on any atom is -0.480 e. The highest BCUT2D eigenvalue weighted by atomic mass is 16.5. The molecule has 0 aliphatic carbocycles. The van der Waals surface area contributed by atoms with E-state index in [-0.39, 0.29) is 11.6 Å². The molecule has 0 radical (unpaired) electrons. The molecule has 11 heavy (non-hydrogen) atoms. The van der Waals surface area contributed by atoms with E-state index in [4.69, 9.17) is 5.41 Å². The van der Waals surface area contributed by atoms with Crippen molar-refractivity contribution in [2.24, 2.45) is 4.99 Å². The number of nitrogens with one attached hydrogen (secondary N) is 2. The molecule has 0 aromatic heterocycles. The van der Waals surface area contributed by atoms with Gasteiger partial charge in [-0.15, -0.1) is 0 Å². The third-order valence-electron chi connectivity index (χ3n) is 1.08. The average molecular weight is 157 g/mol. The quantitative estimate of drug-likeness (QED) is 0.416. The second-order valence-electron chi connectivity index (χ2n) is 1.68. The van der Waals surface area contributed by atoms with Gasteiger partial charge in [-0.3, -0.25) is 15.2 Å². The molecule has 0 heterocycles. The maximum atomic E-state index is 10.9. The van der Waals surface area contributed by atoms with Crippen LogP contribution in [0.25, 0.3) is 0 Å². The Labute approximate surface area is 65.0 Å². The van der Waals surface area contributed by atoms with Gasteiger partial charge in [0.05, 0.1) is 7.11 Å². The maximum absolute atomic E-state index is 10.9. The number of nitrogens with zero attached hydrogens (tertiary/aromatic N) is 1. The van der Waals surface area contributed by atoms with Gasteiger partial charge < -0.3 is 10.1 Å². The van der Waals surface area contributed by atoms with Crippen LogP contribution in [-0.4, -0.2) is 38.7 Å². The maximum Gasteiger partial charge on any atom is 0.274 e. The second kappa shape index (κ2) is 4.43. The fourth-order valence-corrected chi connectivity index (χ4v) is 0.521. The molecule has 0 spiro atoms. The number of methoxy groups -OCH3 is 1. The molecular formula is C6H11N3O2. The lowest BCUT2D eigenvalue weighted by atomic mass is 10.3. The Bertz CT molecular complexity index is 180. The fraction of sp³-hybridized carbons (Fsp3) is 0.500. The lowest BCUT2D eigenvalue weighted by Crippen LogP contribution is -2.33. The molecule has 0 aromatic rings. The van der Waals surface area contributed by atoms with Gasteiger partial charge in [0.2, 0.25) is 5.90 Å². The number of hydrogen-bond donors (Lipinski definition) is 2. The molecule has 0 saturated heterocycles. The van der Waals surface area contributed by atoms with E-state index in [0.29, 0.717) is 0 Å². The summed E-state index contributed by atoms with van der Waals surface area (Å²) in [6.45, 7) is 0. The smallest absolute Gasteiger partial charge is 0.274 e. The van der Waals surface area contributed by atoms with Gasteiger partial charge in [0.25, 0.3) is 5.91 Å². The van der Waals surface area contributed by atoms with Crippen molar-refractivity contribution in [3.8, 4) is 0 Å². The topological polar surface area (TPSA) is 74.5 Å². The molecule has 0 aromatic carbocycles. The van der Waals surface area contributed by atoms with Crippen molar-refractivity contribution in [2.45, 2.75) is 0 Å². The Morgan fingerprint density at radius 3 is 2.45 bits per heavy atom. The van der Waals surface area contributed by atoms with Crippen molar-refractivity contribution >= 4 is 17.5 Å². The Kier molecular flexibility index (Phi) is 3.87. The minimum absolute atomic E-state index is 0.00463. The van der Waals surface area contributed by atoms with E-state index < -0.39 is 5.91 Å². The number of carbonyl (C=O) groups excluding carboxylic acids is 1. The molecule has 2 N–H and O–H groups in total. The lowest BCUT2D eigenvalue weighted by Gasteiger charge is -2.02. The Morgan fingerprint density at radius 2 is 2.18 bits per heavy atom. The predicted molar refractivity (Wildman–Crippen MR) is 42.2 cm³/mol. The number of carbonyl (C=O) groups is 1. The van der Waals surface area contributed by atoms with Gasteiger partial charge in [0.15, 0.2) is 5.71 Å². The average Bonchev–Trinajstić information content (AvgIpc) is 2.05. The van der Waals surface area contributed by atoms with E-state index in [1.165, 1.54) is 21.2 Å². The van der Waals surface area contributed by atoms with E-state index >= 15 is 0 Å². The van der Waals surface area contributed by atoms with Crippen LogP contribution in [0.4, 0.5) is 0 Å². The summed E-state index contributed by atoms with van der Waals surface area (Å²) < 4.78 is 4.52. The number of rotatable bonds is 2. The largest absolute Gasteiger partial charge is 0.480 e. The molecule has 62 valence electrons. The number of aliphatic imine (C=N–C) groups is 1. The number of hydrogen-bond acceptors (Lipinski definition) is 4. The molecular weight excluding hydrogens is 146 g/mol. The first-order chi connectivity index (χ1) is 5.17. The van der Waals surface area contributed by atoms with Crippen molar-refractivity contribution in [1.82, 2.24) is 5.32 Å². The Hall–Kier alpha value is -1.39. The summed E-state index contributed by atoms with van der Waals surface area (Å²) >= 11 is 0. The van der Waals surface area contributed by atoms with Gasteiger partial charge in [-0.05, 0) is 0 Å². The molecule has 0 rings (SSSR count). The summed E-state index contributed by atoms with van der Waals surface area (Å²) in [6, 6.07) is 0. The first kappa shape index (κ1) is 9.61. The van der Waals surface area contributed by atoms with Crippen LogP contribution < -0.4 is 5.32 Å². The second-order valence-corrected chi connectivity index (χ2v) is 1.68. The van der Waals surface area contributed by atoms with Crippen LogP contribution in [0.15, 0.2) is 4.99 Å². The summed E-state index contributed by atoms with van der Waals surface area (Å²) in [5.74, 6) is -0.647. The van der Waals surface area contributed by atoms with Crippen molar-refractivity contribution < 1.29 is 9.53 Å². The summed E-state index contributed by atoms with van der Waals surface area (Å²) in [4.78, 5) is 14.5. The molecule has 5 nitrogen and oxygen atoms in total. The van der Waals surface area contributed by atoms with Crippen LogP contribution in [0.5, 0.6) is 0 Å². The standard InChI is InChI=1S/C6H11N3O2/c1-8-4(5(7)11-3)6(10)9-2/h7H,1-3H3,(H,9,10). The van der Waals surface area contributed by atoms with Crippen LogP contribution in [0.1, 0.15) is 0 Å². The molecule has 0 aliphatic heterocycles. The highest BCUT2D eigenvalue weighted by Gasteiger charge is 2.14. The van der Waals surface area contributed by atoms with Crippen LogP contribution >= 0.6 is 0 Å². The van der Waals surface area contributed by atoms with Gasteiger partial charge in [-0.25, -0.2) is 0 Å². The Morgan fingerprint density at radius 1 is 1.64 bits per heavy atom.